The number of anilines is 1. The maximum atomic E-state index is 14.0. The Labute approximate surface area is 199 Å². The summed E-state index contributed by atoms with van der Waals surface area (Å²) in [4.78, 5) is 29.2. The molecule has 0 saturated heterocycles. The van der Waals surface area contributed by atoms with Crippen LogP contribution in [0, 0.1) is 6.92 Å². The summed E-state index contributed by atoms with van der Waals surface area (Å²) in [6.45, 7) is 1.73. The first-order chi connectivity index (χ1) is 17.0. The SMILES string of the molecule is COc1cccc(C2c3c(oc4c(ccc5ccccc54)c3=O)C(=O)N2c2cc(C)on2)c1OC. The van der Waals surface area contributed by atoms with Crippen LogP contribution in [0.4, 0.5) is 5.82 Å². The van der Waals surface area contributed by atoms with Gasteiger partial charge in [-0.15, -0.1) is 0 Å². The third kappa shape index (κ3) is 2.96. The molecule has 35 heavy (non-hydrogen) atoms. The zero-order chi connectivity index (χ0) is 24.3. The van der Waals surface area contributed by atoms with E-state index in [4.69, 9.17) is 18.4 Å². The number of carbonyl (C=O) groups is 1. The highest BCUT2D eigenvalue weighted by Crippen LogP contribution is 2.46. The molecular formula is C27H20N2O6. The molecule has 1 atom stereocenters. The molecule has 1 aliphatic rings. The van der Waals surface area contributed by atoms with E-state index in [1.54, 1.807) is 37.3 Å². The zero-order valence-corrected chi connectivity index (χ0v) is 19.2. The molecule has 1 amide bonds. The van der Waals surface area contributed by atoms with E-state index in [0.717, 1.165) is 10.8 Å². The molecule has 0 radical (unpaired) electrons. The van der Waals surface area contributed by atoms with Gasteiger partial charge in [-0.05, 0) is 24.4 Å². The second kappa shape index (κ2) is 7.73. The zero-order valence-electron chi connectivity index (χ0n) is 19.2. The maximum Gasteiger partial charge on any atom is 0.296 e. The minimum Gasteiger partial charge on any atom is -0.493 e. The van der Waals surface area contributed by atoms with Gasteiger partial charge >= 0.3 is 0 Å². The van der Waals surface area contributed by atoms with Crippen molar-refractivity contribution in [2.45, 2.75) is 13.0 Å². The minimum absolute atomic E-state index is 0.0330. The van der Waals surface area contributed by atoms with Crippen molar-refractivity contribution >= 4 is 33.5 Å². The Balaban J connectivity index is 1.71. The van der Waals surface area contributed by atoms with Gasteiger partial charge in [0.25, 0.3) is 5.91 Å². The molecule has 0 bridgehead atoms. The molecule has 0 N–H and O–H groups in total. The topological polar surface area (TPSA) is 95.0 Å². The van der Waals surface area contributed by atoms with Gasteiger partial charge in [0.15, 0.2) is 22.7 Å². The summed E-state index contributed by atoms with van der Waals surface area (Å²) in [5.41, 5.74) is 0.852. The lowest BCUT2D eigenvalue weighted by atomic mass is 9.96. The highest BCUT2D eigenvalue weighted by Gasteiger charge is 2.46. The van der Waals surface area contributed by atoms with E-state index >= 15 is 0 Å². The Morgan fingerprint density at radius 3 is 2.51 bits per heavy atom. The van der Waals surface area contributed by atoms with Gasteiger partial charge in [0.2, 0.25) is 5.76 Å². The van der Waals surface area contributed by atoms with Crippen LogP contribution in [0.1, 0.15) is 33.5 Å². The number of fused-ring (bicyclic) bond motifs is 4. The number of aromatic nitrogens is 1. The average Bonchev–Trinajstić information content (AvgIpc) is 3.44. The monoisotopic (exact) mass is 468 g/mol. The van der Waals surface area contributed by atoms with Crippen LogP contribution in [0.15, 0.2) is 74.4 Å². The number of aryl methyl sites for hydroxylation is 1. The molecule has 5 aromatic rings. The molecule has 3 heterocycles. The average molecular weight is 468 g/mol. The summed E-state index contributed by atoms with van der Waals surface area (Å²) < 4.78 is 22.6. The Bertz CT molecular complexity index is 1700. The van der Waals surface area contributed by atoms with Crippen LogP contribution in [-0.4, -0.2) is 25.3 Å². The molecular weight excluding hydrogens is 448 g/mol. The van der Waals surface area contributed by atoms with E-state index in [-0.39, 0.29) is 22.6 Å². The highest BCUT2D eigenvalue weighted by molar-refractivity contribution is 6.12. The number of ether oxygens (including phenoxy) is 2. The first-order valence-corrected chi connectivity index (χ1v) is 11.0. The molecule has 8 heteroatoms. The van der Waals surface area contributed by atoms with Crippen molar-refractivity contribution < 1.29 is 23.2 Å². The lowest BCUT2D eigenvalue weighted by Gasteiger charge is -2.24. The second-order valence-electron chi connectivity index (χ2n) is 8.29. The second-order valence-corrected chi connectivity index (χ2v) is 8.29. The maximum absolute atomic E-state index is 14.0. The van der Waals surface area contributed by atoms with Crippen LogP contribution in [0.25, 0.3) is 21.7 Å². The van der Waals surface area contributed by atoms with Gasteiger partial charge in [-0.3, -0.25) is 14.5 Å². The lowest BCUT2D eigenvalue weighted by molar-refractivity contribution is 0.0969. The Morgan fingerprint density at radius 1 is 0.943 bits per heavy atom. The number of methoxy groups -OCH3 is 2. The molecule has 6 rings (SSSR count). The normalized spacial score (nSPS) is 15.1. The molecule has 1 aliphatic heterocycles. The van der Waals surface area contributed by atoms with Crippen LogP contribution in [0.3, 0.4) is 0 Å². The van der Waals surface area contributed by atoms with Crippen molar-refractivity contribution in [1.29, 1.82) is 0 Å². The fourth-order valence-electron chi connectivity index (χ4n) is 4.82. The predicted octanol–water partition coefficient (Wildman–Crippen LogP) is 5.01. The van der Waals surface area contributed by atoms with Crippen molar-refractivity contribution in [2.75, 3.05) is 19.1 Å². The van der Waals surface area contributed by atoms with E-state index < -0.39 is 11.9 Å². The molecule has 0 spiro atoms. The molecule has 3 aromatic carbocycles. The number of hydrogen-bond acceptors (Lipinski definition) is 7. The Hall–Kier alpha value is -4.59. The van der Waals surface area contributed by atoms with Gasteiger partial charge < -0.3 is 18.4 Å². The van der Waals surface area contributed by atoms with Crippen molar-refractivity contribution in [2.24, 2.45) is 0 Å². The van der Waals surface area contributed by atoms with Gasteiger partial charge in [0.1, 0.15) is 17.4 Å². The van der Waals surface area contributed by atoms with Crippen molar-refractivity contribution in [3.05, 3.63) is 93.5 Å². The predicted molar refractivity (Wildman–Crippen MR) is 129 cm³/mol. The number of carbonyl (C=O) groups excluding carboxylic acids is 1. The van der Waals surface area contributed by atoms with Crippen LogP contribution in [0.2, 0.25) is 0 Å². The van der Waals surface area contributed by atoms with Gasteiger partial charge in [0, 0.05) is 17.0 Å². The summed E-state index contributed by atoms with van der Waals surface area (Å²) in [5, 5.41) is 6.12. The van der Waals surface area contributed by atoms with Gasteiger partial charge in [0.05, 0.1) is 25.2 Å². The minimum atomic E-state index is -0.862. The van der Waals surface area contributed by atoms with Gasteiger partial charge in [-0.2, -0.15) is 0 Å². The molecule has 174 valence electrons. The number of amides is 1. The molecule has 2 aromatic heterocycles. The standard InChI is InChI=1S/C27H20N2O6/c1-14-13-20(28-35-14)29-22(17-9-6-10-19(32-2)25(17)33-3)21-23(30)18-12-11-15-7-4-5-8-16(15)24(18)34-26(21)27(29)31/h4-13,22H,1-3H3. The van der Waals surface area contributed by atoms with Crippen molar-refractivity contribution in [3.63, 3.8) is 0 Å². The third-order valence-electron chi connectivity index (χ3n) is 6.35. The largest absolute Gasteiger partial charge is 0.493 e. The number of hydrogen-bond donors (Lipinski definition) is 0. The number of benzene rings is 3. The van der Waals surface area contributed by atoms with Crippen molar-refractivity contribution in [1.82, 2.24) is 5.16 Å². The van der Waals surface area contributed by atoms with Gasteiger partial charge in [-0.25, -0.2) is 0 Å². The Morgan fingerprint density at radius 2 is 1.77 bits per heavy atom. The molecule has 8 nitrogen and oxygen atoms in total. The van der Waals surface area contributed by atoms with E-state index in [2.05, 4.69) is 5.16 Å². The fraction of sp³-hybridized carbons (Fsp3) is 0.148. The summed E-state index contributed by atoms with van der Waals surface area (Å²) >= 11 is 0. The Kier molecular flexibility index (Phi) is 4.63. The van der Waals surface area contributed by atoms with Crippen LogP contribution < -0.4 is 19.8 Å². The summed E-state index contributed by atoms with van der Waals surface area (Å²) in [7, 11) is 3.04. The van der Waals surface area contributed by atoms with E-state index in [1.165, 1.54) is 19.1 Å². The van der Waals surface area contributed by atoms with Crippen LogP contribution in [0.5, 0.6) is 11.5 Å². The van der Waals surface area contributed by atoms with E-state index in [9.17, 15) is 9.59 Å². The van der Waals surface area contributed by atoms with Crippen molar-refractivity contribution in [3.8, 4) is 11.5 Å². The van der Waals surface area contributed by atoms with Crippen LogP contribution >= 0.6 is 0 Å². The molecule has 0 aliphatic carbocycles. The first kappa shape index (κ1) is 21.0. The van der Waals surface area contributed by atoms with E-state index in [1.807, 2.05) is 30.3 Å². The molecule has 0 fully saturated rings. The third-order valence-corrected chi connectivity index (χ3v) is 6.35. The lowest BCUT2D eigenvalue weighted by Crippen LogP contribution is -2.30. The first-order valence-electron chi connectivity index (χ1n) is 11.0. The summed E-state index contributed by atoms with van der Waals surface area (Å²) in [6, 6.07) is 17.3. The number of rotatable bonds is 4. The smallest absolute Gasteiger partial charge is 0.296 e. The quantitative estimate of drug-likeness (QED) is 0.342. The van der Waals surface area contributed by atoms with E-state index in [0.29, 0.717) is 33.8 Å². The summed E-state index contributed by atoms with van der Waals surface area (Å²) in [6.07, 6.45) is 0. The number of para-hydroxylation sites is 1. The molecule has 0 saturated carbocycles. The molecule has 1 unspecified atom stereocenters. The van der Waals surface area contributed by atoms with Crippen LogP contribution in [-0.2, 0) is 0 Å². The fourth-order valence-corrected chi connectivity index (χ4v) is 4.82. The number of nitrogens with zero attached hydrogens (tertiary/aromatic N) is 2. The highest BCUT2D eigenvalue weighted by atomic mass is 16.5. The summed E-state index contributed by atoms with van der Waals surface area (Å²) in [5.74, 6) is 1.14. The van der Waals surface area contributed by atoms with Gasteiger partial charge in [-0.1, -0.05) is 47.6 Å².